The van der Waals surface area contributed by atoms with E-state index in [1.54, 1.807) is 26.0 Å². The van der Waals surface area contributed by atoms with Gasteiger partial charge in [0.15, 0.2) is 0 Å². The van der Waals surface area contributed by atoms with Crippen molar-refractivity contribution in [2.45, 2.75) is 19.9 Å². The fourth-order valence-corrected chi connectivity index (χ4v) is 1.70. The van der Waals surface area contributed by atoms with Crippen LogP contribution >= 0.6 is 15.9 Å². The molecule has 0 aliphatic carbocycles. The van der Waals surface area contributed by atoms with Crippen molar-refractivity contribution >= 4 is 33.3 Å². The van der Waals surface area contributed by atoms with Gasteiger partial charge in [-0.3, -0.25) is 10.1 Å². The summed E-state index contributed by atoms with van der Waals surface area (Å²) in [7, 11) is 0. The molecule has 1 atom stereocenters. The van der Waals surface area contributed by atoms with Gasteiger partial charge < -0.3 is 10.1 Å². The molecule has 7 heteroatoms. The molecule has 0 fully saturated rings. The highest BCUT2D eigenvalue weighted by Gasteiger charge is 2.19. The lowest BCUT2D eigenvalue weighted by atomic mass is 10.2. The summed E-state index contributed by atoms with van der Waals surface area (Å²) in [6.45, 7) is 3.56. The number of rotatable bonds is 5. The van der Waals surface area contributed by atoms with E-state index < -0.39 is 16.9 Å². The lowest BCUT2D eigenvalue weighted by molar-refractivity contribution is -0.384. The molecule has 0 aromatic heterocycles. The fourth-order valence-electron chi connectivity index (χ4n) is 1.34. The number of hydrogen-bond donors (Lipinski definition) is 1. The number of carbonyl (C=O) groups excluding carboxylic acids is 1. The van der Waals surface area contributed by atoms with Gasteiger partial charge in [-0.15, -0.1) is 0 Å². The molecule has 1 N–H and O–H groups in total. The van der Waals surface area contributed by atoms with Crippen LogP contribution in [-0.2, 0) is 9.53 Å². The Balaban J connectivity index is 2.92. The zero-order chi connectivity index (χ0) is 13.7. The number of nitrogens with zero attached hydrogens (tertiary/aromatic N) is 1. The Morgan fingerprint density at radius 2 is 2.28 bits per heavy atom. The summed E-state index contributed by atoms with van der Waals surface area (Å²) < 4.78 is 5.51. The summed E-state index contributed by atoms with van der Waals surface area (Å²) in [6, 6.07) is 3.83. The van der Waals surface area contributed by atoms with Gasteiger partial charge in [-0.05, 0) is 26.0 Å². The van der Waals surface area contributed by atoms with Gasteiger partial charge in [-0.25, -0.2) is 4.79 Å². The maximum absolute atomic E-state index is 11.4. The molecular formula is C11H13BrN2O4. The standard InChI is InChI=1S/C11H13BrN2O4/c1-3-18-11(15)7(2)13-9-6-8(12)4-5-10(9)14(16)17/h4-7,13H,3H2,1-2H3. The molecule has 98 valence electrons. The second-order valence-corrected chi connectivity index (χ2v) is 4.45. The Labute approximate surface area is 113 Å². The van der Waals surface area contributed by atoms with E-state index in [0.717, 1.165) is 0 Å². The highest BCUT2D eigenvalue weighted by Crippen LogP contribution is 2.28. The predicted molar refractivity (Wildman–Crippen MR) is 70.5 cm³/mol. The van der Waals surface area contributed by atoms with Crippen molar-refractivity contribution in [1.82, 2.24) is 0 Å². The van der Waals surface area contributed by atoms with E-state index in [1.807, 2.05) is 0 Å². The topological polar surface area (TPSA) is 81.5 Å². The molecule has 0 saturated heterocycles. The second-order valence-electron chi connectivity index (χ2n) is 3.54. The number of anilines is 1. The predicted octanol–water partition coefficient (Wildman–Crippen LogP) is 2.72. The molecule has 0 saturated carbocycles. The molecule has 0 bridgehead atoms. The quantitative estimate of drug-likeness (QED) is 0.513. The third-order valence-electron chi connectivity index (χ3n) is 2.17. The maximum Gasteiger partial charge on any atom is 0.328 e. The van der Waals surface area contributed by atoms with E-state index in [-0.39, 0.29) is 18.0 Å². The van der Waals surface area contributed by atoms with E-state index in [1.165, 1.54) is 6.07 Å². The van der Waals surface area contributed by atoms with Crippen molar-refractivity contribution in [2.75, 3.05) is 11.9 Å². The van der Waals surface area contributed by atoms with Gasteiger partial charge in [0.1, 0.15) is 11.7 Å². The van der Waals surface area contributed by atoms with Gasteiger partial charge in [-0.1, -0.05) is 15.9 Å². The molecular weight excluding hydrogens is 304 g/mol. The number of esters is 1. The van der Waals surface area contributed by atoms with Crippen LogP contribution in [-0.4, -0.2) is 23.5 Å². The molecule has 1 aromatic carbocycles. The molecule has 6 nitrogen and oxygen atoms in total. The first kappa shape index (κ1) is 14.4. The van der Waals surface area contributed by atoms with Crippen LogP contribution in [0.3, 0.4) is 0 Å². The Bertz CT molecular complexity index is 464. The minimum Gasteiger partial charge on any atom is -0.464 e. The largest absolute Gasteiger partial charge is 0.464 e. The highest BCUT2D eigenvalue weighted by molar-refractivity contribution is 9.10. The number of carbonyl (C=O) groups is 1. The van der Waals surface area contributed by atoms with Crippen LogP contribution in [0.25, 0.3) is 0 Å². The van der Waals surface area contributed by atoms with Crippen molar-refractivity contribution < 1.29 is 14.5 Å². The van der Waals surface area contributed by atoms with E-state index >= 15 is 0 Å². The van der Waals surface area contributed by atoms with Crippen LogP contribution in [0, 0.1) is 10.1 Å². The summed E-state index contributed by atoms with van der Waals surface area (Å²) in [6.07, 6.45) is 0. The highest BCUT2D eigenvalue weighted by atomic mass is 79.9. The average molecular weight is 317 g/mol. The number of nitrogens with one attached hydrogen (secondary N) is 1. The van der Waals surface area contributed by atoms with Gasteiger partial charge >= 0.3 is 5.97 Å². The molecule has 0 heterocycles. The first-order chi connectivity index (χ1) is 8.45. The third kappa shape index (κ3) is 3.69. The van der Waals surface area contributed by atoms with Gasteiger partial charge in [-0.2, -0.15) is 0 Å². The van der Waals surface area contributed by atoms with E-state index in [4.69, 9.17) is 4.74 Å². The number of hydrogen-bond acceptors (Lipinski definition) is 5. The fraction of sp³-hybridized carbons (Fsp3) is 0.364. The van der Waals surface area contributed by atoms with Crippen molar-refractivity contribution in [1.29, 1.82) is 0 Å². The third-order valence-corrected chi connectivity index (χ3v) is 2.66. The minimum atomic E-state index is -0.655. The molecule has 0 radical (unpaired) electrons. The normalized spacial score (nSPS) is 11.7. The molecule has 0 aliphatic heterocycles. The monoisotopic (exact) mass is 316 g/mol. The number of halogens is 1. The lowest BCUT2D eigenvalue weighted by Gasteiger charge is -2.14. The van der Waals surface area contributed by atoms with E-state index in [9.17, 15) is 14.9 Å². The number of benzene rings is 1. The van der Waals surface area contributed by atoms with Crippen molar-refractivity contribution in [3.63, 3.8) is 0 Å². The van der Waals surface area contributed by atoms with Crippen LogP contribution in [0.5, 0.6) is 0 Å². The molecule has 18 heavy (non-hydrogen) atoms. The Morgan fingerprint density at radius 1 is 1.61 bits per heavy atom. The van der Waals surface area contributed by atoms with Gasteiger partial charge in [0, 0.05) is 10.5 Å². The van der Waals surface area contributed by atoms with Crippen LogP contribution in [0.1, 0.15) is 13.8 Å². The SMILES string of the molecule is CCOC(=O)C(C)Nc1cc(Br)ccc1[N+](=O)[O-]. The average Bonchev–Trinajstić information content (AvgIpc) is 2.28. The van der Waals surface area contributed by atoms with Gasteiger partial charge in [0.2, 0.25) is 0 Å². The summed E-state index contributed by atoms with van der Waals surface area (Å²) >= 11 is 3.22. The Hall–Kier alpha value is -1.63. The molecule has 1 unspecified atom stereocenters. The number of ether oxygens (including phenoxy) is 1. The molecule has 0 amide bonds. The first-order valence-corrected chi connectivity index (χ1v) is 6.12. The number of nitro benzene ring substituents is 1. The van der Waals surface area contributed by atoms with Gasteiger partial charge in [0.25, 0.3) is 5.69 Å². The first-order valence-electron chi connectivity index (χ1n) is 5.32. The van der Waals surface area contributed by atoms with Crippen LogP contribution in [0.15, 0.2) is 22.7 Å². The molecule has 1 rings (SSSR count). The van der Waals surface area contributed by atoms with Crippen molar-refractivity contribution in [3.05, 3.63) is 32.8 Å². The Morgan fingerprint density at radius 3 is 2.83 bits per heavy atom. The summed E-state index contributed by atoms with van der Waals surface area (Å²) in [5, 5.41) is 13.6. The van der Waals surface area contributed by atoms with E-state index in [0.29, 0.717) is 4.47 Å². The summed E-state index contributed by atoms with van der Waals surface area (Å²) in [5.41, 5.74) is 0.185. The Kier molecular flexibility index (Phi) is 5.08. The van der Waals surface area contributed by atoms with Crippen molar-refractivity contribution in [3.8, 4) is 0 Å². The zero-order valence-electron chi connectivity index (χ0n) is 9.97. The smallest absolute Gasteiger partial charge is 0.328 e. The van der Waals surface area contributed by atoms with Crippen LogP contribution in [0.4, 0.5) is 11.4 Å². The molecule has 0 spiro atoms. The molecule has 1 aromatic rings. The minimum absolute atomic E-state index is 0.0886. The number of nitro groups is 1. The van der Waals surface area contributed by atoms with E-state index in [2.05, 4.69) is 21.2 Å². The second kappa shape index (κ2) is 6.34. The van der Waals surface area contributed by atoms with Crippen LogP contribution < -0.4 is 5.32 Å². The zero-order valence-corrected chi connectivity index (χ0v) is 11.6. The summed E-state index contributed by atoms with van der Waals surface area (Å²) in [4.78, 5) is 21.8. The summed E-state index contributed by atoms with van der Waals surface area (Å²) in [5.74, 6) is -0.452. The lowest BCUT2D eigenvalue weighted by Crippen LogP contribution is -2.28. The molecule has 0 aliphatic rings. The van der Waals surface area contributed by atoms with Gasteiger partial charge in [0.05, 0.1) is 11.5 Å². The maximum atomic E-state index is 11.4. The van der Waals surface area contributed by atoms with Crippen LogP contribution in [0.2, 0.25) is 0 Å². The van der Waals surface area contributed by atoms with Crippen molar-refractivity contribution in [2.24, 2.45) is 0 Å².